The summed E-state index contributed by atoms with van der Waals surface area (Å²) in [5.74, 6) is 0. The van der Waals surface area contributed by atoms with Gasteiger partial charge in [0.25, 0.3) is 0 Å². The van der Waals surface area contributed by atoms with Crippen LogP contribution in [0.3, 0.4) is 0 Å². The maximum atomic E-state index is 12.5. The summed E-state index contributed by atoms with van der Waals surface area (Å²) in [6.45, 7) is 5.11. The molecule has 2 N–H and O–H groups in total. The molecule has 0 atom stereocenters. The van der Waals surface area contributed by atoms with Crippen molar-refractivity contribution < 1.29 is 14.3 Å². The van der Waals surface area contributed by atoms with E-state index in [0.717, 1.165) is 21.8 Å². The third-order valence-electron chi connectivity index (χ3n) is 3.77. The minimum Gasteiger partial charge on any atom is -0.450 e. The lowest BCUT2D eigenvalue weighted by Crippen LogP contribution is -2.38. The molecule has 1 aromatic carbocycles. The van der Waals surface area contributed by atoms with Gasteiger partial charge in [-0.05, 0) is 31.5 Å². The fourth-order valence-electron chi connectivity index (χ4n) is 2.60. The summed E-state index contributed by atoms with van der Waals surface area (Å²) in [5, 5.41) is 6.04. The van der Waals surface area contributed by atoms with Crippen LogP contribution in [0.15, 0.2) is 24.3 Å². The Hall–Kier alpha value is -2.61. The summed E-state index contributed by atoms with van der Waals surface area (Å²) in [6, 6.07) is 7.56. The van der Waals surface area contributed by atoms with Gasteiger partial charge < -0.3 is 15.0 Å². The Bertz CT molecular complexity index is 790. The molecule has 2 heterocycles. The first-order chi connectivity index (χ1) is 12.0. The molecule has 3 amide bonds. The first-order valence-corrected chi connectivity index (χ1v) is 8.91. The van der Waals surface area contributed by atoms with Crippen molar-refractivity contribution in [1.82, 2.24) is 9.88 Å². The van der Waals surface area contributed by atoms with Crippen LogP contribution >= 0.6 is 11.3 Å². The molecule has 8 heteroatoms. The highest BCUT2D eigenvalue weighted by atomic mass is 32.1. The van der Waals surface area contributed by atoms with Crippen LogP contribution in [0.1, 0.15) is 23.1 Å². The number of amides is 3. The molecule has 3 rings (SSSR count). The van der Waals surface area contributed by atoms with Crippen LogP contribution in [0.4, 0.5) is 20.4 Å². The predicted molar refractivity (Wildman–Crippen MR) is 97.1 cm³/mol. The molecule has 132 valence electrons. The minimum atomic E-state index is -0.511. The summed E-state index contributed by atoms with van der Waals surface area (Å²) >= 11 is 1.37. The molecule has 0 aliphatic carbocycles. The largest absolute Gasteiger partial charge is 0.450 e. The van der Waals surface area contributed by atoms with Crippen molar-refractivity contribution in [3.05, 3.63) is 40.4 Å². The quantitative estimate of drug-likeness (QED) is 0.876. The third-order valence-corrected chi connectivity index (χ3v) is 4.77. The zero-order chi connectivity index (χ0) is 17.8. The number of thiazole rings is 1. The molecule has 0 unspecified atom stereocenters. The number of aryl methyl sites for hydroxylation is 1. The monoisotopic (exact) mass is 360 g/mol. The number of rotatable bonds is 3. The highest BCUT2D eigenvalue weighted by Crippen LogP contribution is 2.28. The fourth-order valence-corrected chi connectivity index (χ4v) is 3.61. The number of carbonyl (C=O) groups is 2. The van der Waals surface area contributed by atoms with E-state index < -0.39 is 6.09 Å². The van der Waals surface area contributed by atoms with Crippen molar-refractivity contribution in [3.63, 3.8) is 0 Å². The molecule has 0 fully saturated rings. The van der Waals surface area contributed by atoms with Crippen molar-refractivity contribution in [2.75, 3.05) is 23.8 Å². The van der Waals surface area contributed by atoms with Gasteiger partial charge in [0.05, 0.1) is 18.8 Å². The van der Waals surface area contributed by atoms with Gasteiger partial charge in [-0.2, -0.15) is 0 Å². The standard InChI is InChI=1S/C17H20N4O3S/c1-3-24-17(23)20-15-19-13-7-8-21(10-14(13)25-15)16(22)18-12-6-4-5-11(2)9-12/h4-6,9H,3,7-8,10H2,1-2H3,(H,18,22)(H,19,20,23). The average molecular weight is 360 g/mol. The lowest BCUT2D eigenvalue weighted by Gasteiger charge is -2.26. The Kier molecular flexibility index (Phi) is 5.18. The number of ether oxygens (including phenoxy) is 1. The second kappa shape index (κ2) is 7.52. The fraction of sp³-hybridized carbons (Fsp3) is 0.353. The van der Waals surface area contributed by atoms with Crippen LogP contribution in [-0.4, -0.2) is 35.2 Å². The van der Waals surface area contributed by atoms with Gasteiger partial charge in [-0.15, -0.1) is 0 Å². The predicted octanol–water partition coefficient (Wildman–Crippen LogP) is 3.61. The Labute approximate surface area is 150 Å². The maximum Gasteiger partial charge on any atom is 0.413 e. The maximum absolute atomic E-state index is 12.5. The van der Waals surface area contributed by atoms with Crippen molar-refractivity contribution >= 4 is 34.3 Å². The van der Waals surface area contributed by atoms with Gasteiger partial charge >= 0.3 is 12.1 Å². The number of carbonyl (C=O) groups excluding carboxylic acids is 2. The Morgan fingerprint density at radius 3 is 2.96 bits per heavy atom. The zero-order valence-corrected chi connectivity index (χ0v) is 15.0. The number of hydrogen-bond acceptors (Lipinski definition) is 5. The van der Waals surface area contributed by atoms with E-state index in [2.05, 4.69) is 15.6 Å². The van der Waals surface area contributed by atoms with E-state index in [-0.39, 0.29) is 6.03 Å². The van der Waals surface area contributed by atoms with E-state index in [9.17, 15) is 9.59 Å². The molecule has 0 radical (unpaired) electrons. The molecule has 25 heavy (non-hydrogen) atoms. The van der Waals surface area contributed by atoms with Gasteiger partial charge in [0.15, 0.2) is 5.13 Å². The van der Waals surface area contributed by atoms with Crippen molar-refractivity contribution in [3.8, 4) is 0 Å². The molecule has 0 saturated heterocycles. The van der Waals surface area contributed by atoms with Crippen LogP contribution in [0.5, 0.6) is 0 Å². The molecule has 2 aromatic rings. The highest BCUT2D eigenvalue weighted by molar-refractivity contribution is 7.15. The van der Waals surface area contributed by atoms with Gasteiger partial charge in [0.2, 0.25) is 0 Å². The number of nitrogens with one attached hydrogen (secondary N) is 2. The van der Waals surface area contributed by atoms with Gasteiger partial charge in [0.1, 0.15) is 0 Å². The summed E-state index contributed by atoms with van der Waals surface area (Å²) in [7, 11) is 0. The molecule has 1 aromatic heterocycles. The molecule has 0 saturated carbocycles. The second-order valence-electron chi connectivity index (χ2n) is 5.71. The lowest BCUT2D eigenvalue weighted by molar-refractivity contribution is 0.168. The van der Waals surface area contributed by atoms with Crippen molar-refractivity contribution in [1.29, 1.82) is 0 Å². The summed E-state index contributed by atoms with van der Waals surface area (Å²) in [4.78, 5) is 31.1. The van der Waals surface area contributed by atoms with Crippen molar-refractivity contribution in [2.24, 2.45) is 0 Å². The van der Waals surface area contributed by atoms with Gasteiger partial charge in [-0.3, -0.25) is 5.32 Å². The number of anilines is 2. The molecule has 1 aliphatic heterocycles. The van der Waals surface area contributed by atoms with E-state index in [0.29, 0.717) is 31.2 Å². The first kappa shape index (κ1) is 17.2. The first-order valence-electron chi connectivity index (χ1n) is 8.10. The van der Waals surface area contributed by atoms with E-state index in [4.69, 9.17) is 4.74 Å². The smallest absolute Gasteiger partial charge is 0.413 e. The Morgan fingerprint density at radius 2 is 2.20 bits per heavy atom. The number of benzene rings is 1. The van der Waals surface area contributed by atoms with Crippen LogP contribution < -0.4 is 10.6 Å². The number of hydrogen-bond donors (Lipinski definition) is 2. The normalized spacial score (nSPS) is 13.1. The molecule has 1 aliphatic rings. The average Bonchev–Trinajstić information content (AvgIpc) is 2.96. The second-order valence-corrected chi connectivity index (χ2v) is 6.79. The molecular formula is C17H20N4O3S. The topological polar surface area (TPSA) is 83.6 Å². The number of urea groups is 1. The van der Waals surface area contributed by atoms with Crippen LogP contribution in [0.2, 0.25) is 0 Å². The van der Waals surface area contributed by atoms with Crippen LogP contribution in [-0.2, 0) is 17.7 Å². The van der Waals surface area contributed by atoms with Crippen LogP contribution in [0, 0.1) is 6.92 Å². The molecule has 0 bridgehead atoms. The van der Waals surface area contributed by atoms with Gasteiger partial charge in [-0.1, -0.05) is 23.5 Å². The Balaban J connectivity index is 1.63. The number of aromatic nitrogens is 1. The molecular weight excluding hydrogens is 340 g/mol. The highest BCUT2D eigenvalue weighted by Gasteiger charge is 2.24. The SMILES string of the molecule is CCOC(=O)Nc1nc2c(s1)CN(C(=O)Nc1cccc(C)c1)CC2. The number of nitrogens with zero attached hydrogens (tertiary/aromatic N) is 2. The molecule has 0 spiro atoms. The van der Waals surface area contributed by atoms with Gasteiger partial charge in [-0.25, -0.2) is 14.6 Å². The van der Waals surface area contributed by atoms with E-state index in [1.165, 1.54) is 11.3 Å². The van der Waals surface area contributed by atoms with Crippen molar-refractivity contribution in [2.45, 2.75) is 26.8 Å². The van der Waals surface area contributed by atoms with Crippen LogP contribution in [0.25, 0.3) is 0 Å². The van der Waals surface area contributed by atoms with E-state index in [1.807, 2.05) is 31.2 Å². The third kappa shape index (κ3) is 4.27. The lowest BCUT2D eigenvalue weighted by atomic mass is 10.2. The Morgan fingerprint density at radius 1 is 1.36 bits per heavy atom. The zero-order valence-electron chi connectivity index (χ0n) is 14.2. The summed E-state index contributed by atoms with van der Waals surface area (Å²) in [6.07, 6.45) is 0.153. The molecule has 7 nitrogen and oxygen atoms in total. The van der Waals surface area contributed by atoms with Gasteiger partial charge in [0, 0.05) is 23.5 Å². The van der Waals surface area contributed by atoms with E-state index >= 15 is 0 Å². The minimum absolute atomic E-state index is 0.135. The summed E-state index contributed by atoms with van der Waals surface area (Å²) in [5.41, 5.74) is 2.80. The van der Waals surface area contributed by atoms with E-state index in [1.54, 1.807) is 11.8 Å². The summed E-state index contributed by atoms with van der Waals surface area (Å²) < 4.78 is 4.86. The number of fused-ring (bicyclic) bond motifs is 1.